The van der Waals surface area contributed by atoms with Crippen molar-refractivity contribution in [1.29, 1.82) is 0 Å². The molecule has 1 aliphatic rings. The molecule has 0 bridgehead atoms. The van der Waals surface area contributed by atoms with Crippen LogP contribution in [0.2, 0.25) is 0 Å². The zero-order valence-electron chi connectivity index (χ0n) is 16.2. The largest absolute Gasteiger partial charge is 0.444 e. The molecule has 2 N–H and O–H groups in total. The van der Waals surface area contributed by atoms with Crippen molar-refractivity contribution in [2.45, 2.75) is 37.4 Å². The van der Waals surface area contributed by atoms with Crippen LogP contribution in [0.1, 0.15) is 29.5 Å². The predicted molar refractivity (Wildman–Crippen MR) is 109 cm³/mol. The topological polar surface area (TPSA) is 102 Å². The number of rotatable bonds is 6. The summed E-state index contributed by atoms with van der Waals surface area (Å²) in [4.78, 5) is 12.0. The van der Waals surface area contributed by atoms with Gasteiger partial charge in [0.25, 0.3) is 10.1 Å². The number of amides is 1. The van der Waals surface area contributed by atoms with Gasteiger partial charge in [-0.25, -0.2) is 4.79 Å². The smallest absolute Gasteiger partial charge is 0.412 e. The molecule has 7 nitrogen and oxygen atoms in total. The Bertz CT molecular complexity index is 1020. The van der Waals surface area contributed by atoms with Gasteiger partial charge in [-0.2, -0.15) is 8.42 Å². The Morgan fingerprint density at radius 1 is 1.28 bits per heavy atom. The Hall–Kier alpha value is -2.68. The van der Waals surface area contributed by atoms with Gasteiger partial charge in [-0.15, -0.1) is 0 Å². The summed E-state index contributed by atoms with van der Waals surface area (Å²) in [6.45, 7) is 4.17. The molecule has 0 aliphatic carbocycles. The van der Waals surface area contributed by atoms with Crippen LogP contribution < -0.4 is 5.32 Å². The van der Waals surface area contributed by atoms with E-state index in [1.165, 1.54) is 6.07 Å². The first-order valence-corrected chi connectivity index (χ1v) is 10.6. The number of carbonyl (C=O) groups is 1. The van der Waals surface area contributed by atoms with Gasteiger partial charge in [0.15, 0.2) is 0 Å². The molecule has 0 saturated carbocycles. The third kappa shape index (κ3) is 5.03. The first kappa shape index (κ1) is 21.0. The molecule has 0 radical (unpaired) electrons. The molecule has 1 aliphatic heterocycles. The normalized spacial score (nSPS) is 17.1. The summed E-state index contributed by atoms with van der Waals surface area (Å²) in [6.07, 6.45) is 2.68. The summed E-state index contributed by atoms with van der Waals surface area (Å²) < 4.78 is 44.4. The molecule has 1 heterocycles. The number of hydrogen-bond donors (Lipinski definition) is 2. The minimum atomic E-state index is -4.57. The van der Waals surface area contributed by atoms with E-state index in [0.717, 1.165) is 11.1 Å². The minimum Gasteiger partial charge on any atom is -0.444 e. The van der Waals surface area contributed by atoms with E-state index in [2.05, 4.69) is 5.32 Å². The number of ether oxygens (including phenoxy) is 2. The maximum atomic E-state index is 12.4. The maximum absolute atomic E-state index is 12.4. The molecule has 2 aromatic rings. The summed E-state index contributed by atoms with van der Waals surface area (Å²) in [7, 11) is -4.57. The van der Waals surface area contributed by atoms with E-state index in [0.29, 0.717) is 12.2 Å². The second kappa shape index (κ2) is 8.77. The first-order chi connectivity index (χ1) is 13.8. The fourth-order valence-corrected chi connectivity index (χ4v) is 4.04. The molecule has 3 rings (SSSR count). The van der Waals surface area contributed by atoms with Crippen molar-refractivity contribution in [3.05, 3.63) is 71.3 Å². The summed E-state index contributed by atoms with van der Waals surface area (Å²) in [5.74, 6) is -0.264. The van der Waals surface area contributed by atoms with Crippen molar-refractivity contribution in [2.75, 3.05) is 11.9 Å². The van der Waals surface area contributed by atoms with Gasteiger partial charge in [-0.05, 0) is 29.7 Å². The van der Waals surface area contributed by atoms with Gasteiger partial charge in [-0.3, -0.25) is 9.87 Å². The van der Waals surface area contributed by atoms with E-state index in [1.54, 1.807) is 25.1 Å². The highest BCUT2D eigenvalue weighted by atomic mass is 32.2. The minimum absolute atomic E-state index is 0.00182. The van der Waals surface area contributed by atoms with Crippen LogP contribution in [0.25, 0.3) is 0 Å². The van der Waals surface area contributed by atoms with Crippen LogP contribution in [0.15, 0.2) is 59.5 Å². The molecule has 0 spiro atoms. The maximum Gasteiger partial charge on any atom is 0.412 e. The fourth-order valence-electron chi connectivity index (χ4n) is 3.38. The number of aryl methyl sites for hydroxylation is 1. The average Bonchev–Trinajstić information content (AvgIpc) is 3.21. The van der Waals surface area contributed by atoms with Gasteiger partial charge >= 0.3 is 6.09 Å². The van der Waals surface area contributed by atoms with Gasteiger partial charge in [0.05, 0.1) is 18.4 Å². The van der Waals surface area contributed by atoms with Gasteiger partial charge < -0.3 is 9.47 Å². The van der Waals surface area contributed by atoms with E-state index >= 15 is 0 Å². The molecular weight excluding hydrogens is 394 g/mol. The van der Waals surface area contributed by atoms with E-state index < -0.39 is 16.2 Å². The number of carbonyl (C=O) groups excluding carboxylic acids is 1. The summed E-state index contributed by atoms with van der Waals surface area (Å²) in [5.41, 5.74) is 2.11. The van der Waals surface area contributed by atoms with Gasteiger partial charge in [0.2, 0.25) is 0 Å². The van der Waals surface area contributed by atoms with E-state index in [9.17, 15) is 17.8 Å². The third-order valence-corrected chi connectivity index (χ3v) is 5.70. The van der Waals surface area contributed by atoms with Crippen molar-refractivity contribution in [3.63, 3.8) is 0 Å². The molecular formula is C21H23NO6S. The number of anilines is 1. The second-order valence-electron chi connectivity index (χ2n) is 6.85. The highest BCUT2D eigenvalue weighted by molar-refractivity contribution is 7.86. The monoisotopic (exact) mass is 417 g/mol. The lowest BCUT2D eigenvalue weighted by Crippen LogP contribution is -2.22. The predicted octanol–water partition coefficient (Wildman–Crippen LogP) is 4.05. The third-order valence-electron chi connectivity index (χ3n) is 4.80. The van der Waals surface area contributed by atoms with Crippen LogP contribution in [0.4, 0.5) is 10.5 Å². The summed E-state index contributed by atoms with van der Waals surface area (Å²) in [6, 6.07) is 12.0. The first-order valence-electron chi connectivity index (χ1n) is 9.14. The molecule has 0 fully saturated rings. The van der Waals surface area contributed by atoms with Crippen molar-refractivity contribution >= 4 is 21.9 Å². The zero-order chi connectivity index (χ0) is 21.0. The highest BCUT2D eigenvalue weighted by Crippen LogP contribution is 2.37. The van der Waals surface area contributed by atoms with Crippen molar-refractivity contribution < 1.29 is 27.2 Å². The summed E-state index contributed by atoms with van der Waals surface area (Å²) >= 11 is 0. The van der Waals surface area contributed by atoms with Gasteiger partial charge in [0.1, 0.15) is 11.5 Å². The van der Waals surface area contributed by atoms with Crippen molar-refractivity contribution in [2.24, 2.45) is 0 Å². The van der Waals surface area contributed by atoms with E-state index in [4.69, 9.17) is 9.47 Å². The lowest BCUT2D eigenvalue weighted by Gasteiger charge is -2.24. The van der Waals surface area contributed by atoms with Crippen LogP contribution in [-0.4, -0.2) is 31.8 Å². The number of nitrogens with one attached hydrogen (secondary N) is 1. The van der Waals surface area contributed by atoms with Crippen molar-refractivity contribution in [1.82, 2.24) is 0 Å². The van der Waals surface area contributed by atoms with Crippen LogP contribution >= 0.6 is 0 Å². The molecule has 2 unspecified atom stereocenters. The lowest BCUT2D eigenvalue weighted by molar-refractivity contribution is 0.110. The van der Waals surface area contributed by atoms with Crippen LogP contribution in [0.3, 0.4) is 0 Å². The quantitative estimate of drug-likeness (QED) is 0.543. The molecule has 154 valence electrons. The number of benzene rings is 2. The molecule has 2 atom stereocenters. The van der Waals surface area contributed by atoms with E-state index in [-0.39, 0.29) is 29.2 Å². The van der Waals surface area contributed by atoms with Crippen LogP contribution in [-0.2, 0) is 26.2 Å². The lowest BCUT2D eigenvalue weighted by atomic mass is 9.90. The summed E-state index contributed by atoms with van der Waals surface area (Å²) in [5, 5.41) is 2.52. The Morgan fingerprint density at radius 3 is 2.62 bits per heavy atom. The zero-order valence-corrected chi connectivity index (χ0v) is 17.0. The number of hydrogen-bond acceptors (Lipinski definition) is 5. The Balaban J connectivity index is 1.92. The van der Waals surface area contributed by atoms with Gasteiger partial charge in [-0.1, -0.05) is 55.5 Å². The Morgan fingerprint density at radius 2 is 2.00 bits per heavy atom. The SMILES string of the molecule is Cc1ccc(S(=O)(=O)O)c(NC(=O)OCc2ccccc2)c1C(C)C1C=CCO1. The molecule has 8 heteroatoms. The highest BCUT2D eigenvalue weighted by Gasteiger charge is 2.29. The van der Waals surface area contributed by atoms with Crippen LogP contribution in [0, 0.1) is 6.92 Å². The molecule has 0 saturated heterocycles. The Kier molecular flexibility index (Phi) is 6.36. The standard InChI is InChI=1S/C21H23NO6S/c1-14-10-11-18(29(24,25)26)20(19(14)15(2)17-9-6-12-27-17)22-21(23)28-13-16-7-4-3-5-8-16/h3-11,15,17H,12-13H2,1-2H3,(H,22,23)(H,24,25,26). The second-order valence-corrected chi connectivity index (χ2v) is 8.24. The van der Waals surface area contributed by atoms with Gasteiger partial charge in [0, 0.05) is 5.92 Å². The molecule has 1 amide bonds. The average molecular weight is 417 g/mol. The van der Waals surface area contributed by atoms with E-state index in [1.807, 2.05) is 37.3 Å². The molecule has 0 aromatic heterocycles. The molecule has 2 aromatic carbocycles. The van der Waals surface area contributed by atoms with Crippen LogP contribution in [0.5, 0.6) is 0 Å². The Labute approximate surface area is 170 Å². The molecule has 29 heavy (non-hydrogen) atoms. The fraction of sp³-hybridized carbons (Fsp3) is 0.286. The van der Waals surface area contributed by atoms with Crippen molar-refractivity contribution in [3.8, 4) is 0 Å².